The van der Waals surface area contributed by atoms with E-state index in [1.165, 1.54) is 0 Å². The van der Waals surface area contributed by atoms with E-state index in [4.69, 9.17) is 4.74 Å². The van der Waals surface area contributed by atoms with Gasteiger partial charge in [0.05, 0.1) is 12.1 Å². The van der Waals surface area contributed by atoms with Gasteiger partial charge in [0.25, 0.3) is 0 Å². The normalized spacial score (nSPS) is 21.6. The number of carbonyl (C=O) groups excluding carboxylic acids is 1. The summed E-state index contributed by atoms with van der Waals surface area (Å²) in [5.74, 6) is 0.530. The summed E-state index contributed by atoms with van der Waals surface area (Å²) in [6.45, 7) is 5.74. The van der Waals surface area contributed by atoms with Crippen LogP contribution in [-0.2, 0) is 9.53 Å². The summed E-state index contributed by atoms with van der Waals surface area (Å²) in [5, 5.41) is 6.10. The lowest BCUT2D eigenvalue weighted by atomic mass is 10.1. The van der Waals surface area contributed by atoms with E-state index in [0.29, 0.717) is 12.5 Å². The second-order valence-corrected chi connectivity index (χ2v) is 4.41. The quantitative estimate of drug-likeness (QED) is 0.764. The molecule has 2 atom stereocenters. The van der Waals surface area contributed by atoms with Gasteiger partial charge in [0, 0.05) is 13.7 Å². The third-order valence-electron chi connectivity index (χ3n) is 2.90. The highest BCUT2D eigenvalue weighted by molar-refractivity contribution is 5.85. The molecule has 16 heavy (non-hydrogen) atoms. The van der Waals surface area contributed by atoms with E-state index in [-0.39, 0.29) is 30.5 Å². The summed E-state index contributed by atoms with van der Waals surface area (Å²) in [6.07, 6.45) is 2.15. The highest BCUT2D eigenvalue weighted by atomic mass is 35.5. The van der Waals surface area contributed by atoms with Crippen molar-refractivity contribution in [1.29, 1.82) is 0 Å². The third-order valence-corrected chi connectivity index (χ3v) is 2.90. The summed E-state index contributed by atoms with van der Waals surface area (Å²) < 4.78 is 5.29. The fourth-order valence-corrected chi connectivity index (χ4v) is 1.82. The molecule has 2 unspecified atom stereocenters. The van der Waals surface area contributed by atoms with Gasteiger partial charge in [-0.05, 0) is 25.3 Å². The number of hydrogen-bond acceptors (Lipinski definition) is 3. The summed E-state index contributed by atoms with van der Waals surface area (Å²) in [5.41, 5.74) is 0. The second kappa shape index (κ2) is 7.87. The molecule has 1 amide bonds. The van der Waals surface area contributed by atoms with Crippen LogP contribution in [0.25, 0.3) is 0 Å². The van der Waals surface area contributed by atoms with Gasteiger partial charge in [0.15, 0.2) is 0 Å². The lowest BCUT2D eigenvalue weighted by molar-refractivity contribution is -0.123. The zero-order valence-electron chi connectivity index (χ0n) is 10.3. The van der Waals surface area contributed by atoms with Crippen molar-refractivity contribution in [3.05, 3.63) is 0 Å². The van der Waals surface area contributed by atoms with E-state index in [1.807, 2.05) is 0 Å². The average Bonchev–Trinajstić information content (AvgIpc) is 2.70. The lowest BCUT2D eigenvalue weighted by Crippen LogP contribution is -2.44. The molecule has 96 valence electrons. The molecule has 1 heterocycles. The molecule has 2 N–H and O–H groups in total. The molecule has 0 saturated carbocycles. The number of rotatable bonds is 5. The van der Waals surface area contributed by atoms with Gasteiger partial charge in [-0.25, -0.2) is 0 Å². The molecule has 5 heteroatoms. The lowest BCUT2D eigenvalue weighted by Gasteiger charge is -2.20. The standard InChI is InChI=1S/C11H22N2O2.ClH/c1-8(2)10(15-3)7-13-11(14)9-5-4-6-12-9;/h8-10,12H,4-7H2,1-3H3,(H,13,14);1H. The van der Waals surface area contributed by atoms with Gasteiger partial charge in [0.2, 0.25) is 5.91 Å². The number of methoxy groups -OCH3 is 1. The topological polar surface area (TPSA) is 50.4 Å². The Labute approximate surface area is 104 Å². The van der Waals surface area contributed by atoms with E-state index in [0.717, 1.165) is 19.4 Å². The van der Waals surface area contributed by atoms with Crippen molar-refractivity contribution in [3.63, 3.8) is 0 Å². The van der Waals surface area contributed by atoms with Gasteiger partial charge < -0.3 is 15.4 Å². The molecule has 4 nitrogen and oxygen atoms in total. The van der Waals surface area contributed by atoms with Gasteiger partial charge in [0.1, 0.15) is 0 Å². The van der Waals surface area contributed by atoms with Crippen molar-refractivity contribution in [3.8, 4) is 0 Å². The third kappa shape index (κ3) is 4.68. The maximum Gasteiger partial charge on any atom is 0.237 e. The van der Waals surface area contributed by atoms with E-state index in [9.17, 15) is 4.79 Å². The molecule has 0 spiro atoms. The van der Waals surface area contributed by atoms with Crippen molar-refractivity contribution in [1.82, 2.24) is 10.6 Å². The molecule has 0 radical (unpaired) electrons. The summed E-state index contributed by atoms with van der Waals surface area (Å²) in [4.78, 5) is 11.7. The van der Waals surface area contributed by atoms with Gasteiger partial charge in [-0.2, -0.15) is 0 Å². The SMILES string of the molecule is COC(CNC(=O)C1CCCN1)C(C)C.Cl. The molecule has 0 aromatic rings. The van der Waals surface area contributed by atoms with Crippen LogP contribution in [0, 0.1) is 5.92 Å². The Bertz CT molecular complexity index is 206. The van der Waals surface area contributed by atoms with Crippen LogP contribution in [0.15, 0.2) is 0 Å². The van der Waals surface area contributed by atoms with E-state index >= 15 is 0 Å². The smallest absolute Gasteiger partial charge is 0.237 e. The molecular weight excluding hydrogens is 228 g/mol. The highest BCUT2D eigenvalue weighted by Gasteiger charge is 2.22. The second-order valence-electron chi connectivity index (χ2n) is 4.41. The first-order valence-corrected chi connectivity index (χ1v) is 5.69. The van der Waals surface area contributed by atoms with Crippen molar-refractivity contribution >= 4 is 18.3 Å². The Morgan fingerprint density at radius 3 is 2.69 bits per heavy atom. The molecular formula is C11H23ClN2O2. The summed E-state index contributed by atoms with van der Waals surface area (Å²) in [7, 11) is 1.69. The first-order valence-electron chi connectivity index (χ1n) is 5.69. The number of halogens is 1. The molecule has 1 fully saturated rings. The van der Waals surface area contributed by atoms with Crippen molar-refractivity contribution in [2.24, 2.45) is 5.92 Å². The zero-order chi connectivity index (χ0) is 11.3. The molecule has 1 rings (SSSR count). The zero-order valence-corrected chi connectivity index (χ0v) is 11.1. The van der Waals surface area contributed by atoms with Crippen LogP contribution in [0.3, 0.4) is 0 Å². The Balaban J connectivity index is 0.00000225. The Morgan fingerprint density at radius 1 is 1.56 bits per heavy atom. The van der Waals surface area contributed by atoms with E-state index in [1.54, 1.807) is 7.11 Å². The number of carbonyl (C=O) groups is 1. The monoisotopic (exact) mass is 250 g/mol. The number of amides is 1. The molecule has 1 saturated heterocycles. The van der Waals surface area contributed by atoms with Gasteiger partial charge >= 0.3 is 0 Å². The van der Waals surface area contributed by atoms with Crippen molar-refractivity contribution in [2.45, 2.75) is 38.8 Å². The first-order chi connectivity index (χ1) is 7.15. The molecule has 0 aromatic carbocycles. The fraction of sp³-hybridized carbons (Fsp3) is 0.909. The Hall–Kier alpha value is -0.320. The number of hydrogen-bond donors (Lipinski definition) is 2. The van der Waals surface area contributed by atoms with Crippen LogP contribution in [0.1, 0.15) is 26.7 Å². The van der Waals surface area contributed by atoms with Crippen molar-refractivity contribution in [2.75, 3.05) is 20.2 Å². The molecule has 1 aliphatic rings. The molecule has 1 aliphatic heterocycles. The van der Waals surface area contributed by atoms with Gasteiger partial charge in [-0.3, -0.25) is 4.79 Å². The van der Waals surface area contributed by atoms with Crippen LogP contribution < -0.4 is 10.6 Å². The van der Waals surface area contributed by atoms with Crippen LogP contribution >= 0.6 is 12.4 Å². The average molecular weight is 251 g/mol. The maximum absolute atomic E-state index is 11.7. The summed E-state index contributed by atoms with van der Waals surface area (Å²) >= 11 is 0. The molecule has 0 bridgehead atoms. The Morgan fingerprint density at radius 2 is 2.25 bits per heavy atom. The minimum atomic E-state index is 0. The first kappa shape index (κ1) is 15.7. The number of ether oxygens (including phenoxy) is 1. The largest absolute Gasteiger partial charge is 0.379 e. The van der Waals surface area contributed by atoms with Gasteiger partial charge in [-0.15, -0.1) is 12.4 Å². The van der Waals surface area contributed by atoms with Crippen molar-refractivity contribution < 1.29 is 9.53 Å². The van der Waals surface area contributed by atoms with E-state index in [2.05, 4.69) is 24.5 Å². The minimum absolute atomic E-state index is 0. The fourth-order valence-electron chi connectivity index (χ4n) is 1.82. The predicted molar refractivity (Wildman–Crippen MR) is 66.9 cm³/mol. The maximum atomic E-state index is 11.7. The Kier molecular flexibility index (Phi) is 7.72. The van der Waals surface area contributed by atoms with Crippen LogP contribution in [0.5, 0.6) is 0 Å². The number of nitrogens with one attached hydrogen (secondary N) is 2. The summed E-state index contributed by atoms with van der Waals surface area (Å²) in [6, 6.07) is 0.00895. The van der Waals surface area contributed by atoms with E-state index < -0.39 is 0 Å². The van der Waals surface area contributed by atoms with Crippen LogP contribution in [0.4, 0.5) is 0 Å². The van der Waals surface area contributed by atoms with Gasteiger partial charge in [-0.1, -0.05) is 13.8 Å². The predicted octanol–water partition coefficient (Wildman–Crippen LogP) is 0.947. The van der Waals surface area contributed by atoms with Crippen LogP contribution in [0.2, 0.25) is 0 Å². The minimum Gasteiger partial charge on any atom is -0.379 e. The van der Waals surface area contributed by atoms with Crippen LogP contribution in [-0.4, -0.2) is 38.3 Å². The molecule has 0 aromatic heterocycles. The highest BCUT2D eigenvalue weighted by Crippen LogP contribution is 2.06. The molecule has 0 aliphatic carbocycles.